The summed E-state index contributed by atoms with van der Waals surface area (Å²) in [5.74, 6) is -0.826. The van der Waals surface area contributed by atoms with Gasteiger partial charge in [0.15, 0.2) is 26.1 Å². The standard InChI is InChI=1S/C22H22N2O7S2/c1-3-29-21(26)8-9-24-16-10-17-18(31-13-30-17)11-19(16)32-22(24)23-20(25)12-33(27,28)15-6-4-14(2)5-7-15/h4-7,10-11H,3,8-9,12-13H2,1-2H3. The third-order valence-electron chi connectivity index (χ3n) is 4.94. The molecular formula is C22H22N2O7S2. The first kappa shape index (κ1) is 23.0. The average Bonchev–Trinajstić information content (AvgIpc) is 3.33. The lowest BCUT2D eigenvalue weighted by Gasteiger charge is -2.06. The molecule has 2 aromatic carbocycles. The zero-order valence-corrected chi connectivity index (χ0v) is 19.7. The molecule has 1 amide bonds. The van der Waals surface area contributed by atoms with Crippen LogP contribution in [0.4, 0.5) is 0 Å². The van der Waals surface area contributed by atoms with E-state index in [1.54, 1.807) is 35.8 Å². The number of fused-ring (bicyclic) bond motifs is 2. The molecule has 0 spiro atoms. The molecule has 0 atom stereocenters. The quantitative estimate of drug-likeness (QED) is 0.468. The summed E-state index contributed by atoms with van der Waals surface area (Å²) in [5, 5.41) is 0. The molecule has 1 aromatic heterocycles. The predicted octanol–water partition coefficient (Wildman–Crippen LogP) is 2.59. The summed E-state index contributed by atoms with van der Waals surface area (Å²) in [5.41, 5.74) is 1.61. The molecule has 33 heavy (non-hydrogen) atoms. The summed E-state index contributed by atoms with van der Waals surface area (Å²) in [4.78, 5) is 29.0. The highest BCUT2D eigenvalue weighted by atomic mass is 32.2. The Bertz CT molecular complexity index is 1390. The minimum atomic E-state index is -3.84. The molecule has 0 fully saturated rings. The van der Waals surface area contributed by atoms with Crippen LogP contribution >= 0.6 is 11.3 Å². The monoisotopic (exact) mass is 490 g/mol. The van der Waals surface area contributed by atoms with Crippen LogP contribution in [-0.4, -0.2) is 44.0 Å². The fourth-order valence-corrected chi connectivity index (χ4v) is 5.52. The summed E-state index contributed by atoms with van der Waals surface area (Å²) in [7, 11) is -3.84. The van der Waals surface area contributed by atoms with Crippen molar-refractivity contribution >= 4 is 43.3 Å². The van der Waals surface area contributed by atoms with E-state index in [9.17, 15) is 18.0 Å². The molecule has 3 aromatic rings. The maximum absolute atomic E-state index is 12.6. The van der Waals surface area contributed by atoms with Crippen LogP contribution in [0, 0.1) is 6.92 Å². The number of thiazole rings is 1. The number of hydrogen-bond acceptors (Lipinski definition) is 8. The number of hydrogen-bond donors (Lipinski definition) is 0. The third kappa shape index (κ3) is 5.09. The molecule has 174 valence electrons. The predicted molar refractivity (Wildman–Crippen MR) is 121 cm³/mol. The second-order valence-corrected chi connectivity index (χ2v) is 10.3. The van der Waals surface area contributed by atoms with Gasteiger partial charge < -0.3 is 18.8 Å². The zero-order valence-electron chi connectivity index (χ0n) is 18.1. The van der Waals surface area contributed by atoms with Gasteiger partial charge in [-0.1, -0.05) is 29.0 Å². The lowest BCUT2D eigenvalue weighted by molar-refractivity contribution is -0.143. The van der Waals surface area contributed by atoms with E-state index in [1.807, 2.05) is 6.92 Å². The molecule has 4 rings (SSSR count). The average molecular weight is 491 g/mol. The maximum Gasteiger partial charge on any atom is 0.307 e. The van der Waals surface area contributed by atoms with Gasteiger partial charge >= 0.3 is 5.97 Å². The minimum Gasteiger partial charge on any atom is -0.466 e. The first-order chi connectivity index (χ1) is 15.8. The fraction of sp³-hybridized carbons (Fsp3) is 0.318. The topological polar surface area (TPSA) is 113 Å². The van der Waals surface area contributed by atoms with Crippen molar-refractivity contribution in [2.45, 2.75) is 31.7 Å². The highest BCUT2D eigenvalue weighted by Gasteiger charge is 2.21. The van der Waals surface area contributed by atoms with Crippen LogP contribution in [0.1, 0.15) is 18.9 Å². The molecule has 11 heteroatoms. The van der Waals surface area contributed by atoms with Crippen LogP contribution in [0.2, 0.25) is 0 Å². The Morgan fingerprint density at radius 1 is 1.15 bits per heavy atom. The molecule has 9 nitrogen and oxygen atoms in total. The van der Waals surface area contributed by atoms with Gasteiger partial charge in [-0.05, 0) is 26.0 Å². The molecule has 0 saturated heterocycles. The number of carbonyl (C=O) groups is 2. The van der Waals surface area contributed by atoms with E-state index in [2.05, 4.69) is 4.99 Å². The Kier molecular flexibility index (Phi) is 6.52. The summed E-state index contributed by atoms with van der Waals surface area (Å²) >= 11 is 1.20. The van der Waals surface area contributed by atoms with E-state index in [1.165, 1.54) is 23.5 Å². The number of carbonyl (C=O) groups excluding carboxylic acids is 2. The summed E-state index contributed by atoms with van der Waals surface area (Å²) in [6, 6.07) is 9.82. The molecule has 0 bridgehead atoms. The normalized spacial score (nSPS) is 13.5. The zero-order chi connectivity index (χ0) is 23.6. The molecule has 0 radical (unpaired) electrons. The number of esters is 1. The SMILES string of the molecule is CCOC(=O)CCn1c(=NC(=O)CS(=O)(=O)c2ccc(C)cc2)sc2cc3c(cc21)OCO3. The van der Waals surface area contributed by atoms with E-state index in [0.717, 1.165) is 10.3 Å². The maximum atomic E-state index is 12.6. The van der Waals surface area contributed by atoms with E-state index >= 15 is 0 Å². The fourth-order valence-electron chi connectivity index (χ4n) is 3.33. The smallest absolute Gasteiger partial charge is 0.307 e. The lowest BCUT2D eigenvalue weighted by Crippen LogP contribution is -2.22. The second-order valence-electron chi connectivity index (χ2n) is 7.34. The molecule has 1 aliphatic heterocycles. The number of ether oxygens (including phenoxy) is 3. The number of aryl methyl sites for hydroxylation is 2. The van der Waals surface area contributed by atoms with Crippen molar-refractivity contribution in [1.29, 1.82) is 0 Å². The van der Waals surface area contributed by atoms with Crippen molar-refractivity contribution in [2.24, 2.45) is 4.99 Å². The number of aromatic nitrogens is 1. The van der Waals surface area contributed by atoms with E-state index in [4.69, 9.17) is 14.2 Å². The Hall–Kier alpha value is -3.18. The van der Waals surface area contributed by atoms with Crippen molar-refractivity contribution < 1.29 is 32.2 Å². The number of rotatable bonds is 7. The number of amides is 1. The van der Waals surface area contributed by atoms with Gasteiger partial charge in [0.1, 0.15) is 5.75 Å². The number of benzene rings is 2. The van der Waals surface area contributed by atoms with Gasteiger partial charge in [-0.25, -0.2) is 8.42 Å². The van der Waals surface area contributed by atoms with Gasteiger partial charge in [0.05, 0.1) is 28.1 Å². The van der Waals surface area contributed by atoms with Crippen LogP contribution in [0.3, 0.4) is 0 Å². The largest absolute Gasteiger partial charge is 0.466 e. The van der Waals surface area contributed by atoms with Crippen molar-refractivity contribution in [3.63, 3.8) is 0 Å². The van der Waals surface area contributed by atoms with Crippen LogP contribution < -0.4 is 14.3 Å². The minimum absolute atomic E-state index is 0.0638. The molecule has 2 heterocycles. The van der Waals surface area contributed by atoms with Crippen molar-refractivity contribution in [3.05, 3.63) is 46.8 Å². The molecule has 0 aliphatic carbocycles. The Balaban J connectivity index is 1.68. The van der Waals surface area contributed by atoms with Crippen molar-refractivity contribution in [1.82, 2.24) is 4.57 Å². The number of nitrogens with zero attached hydrogens (tertiary/aromatic N) is 2. The van der Waals surface area contributed by atoms with Gasteiger partial charge in [0.2, 0.25) is 6.79 Å². The van der Waals surface area contributed by atoms with Crippen LogP contribution in [0.5, 0.6) is 11.5 Å². The molecule has 1 aliphatic rings. The Labute approximate surface area is 194 Å². The molecule has 0 saturated carbocycles. The van der Waals surface area contributed by atoms with E-state index < -0.39 is 21.5 Å². The van der Waals surface area contributed by atoms with Gasteiger partial charge in [-0.2, -0.15) is 4.99 Å². The third-order valence-corrected chi connectivity index (χ3v) is 7.59. The molecule has 0 unspecified atom stereocenters. The first-order valence-electron chi connectivity index (χ1n) is 10.2. The highest BCUT2D eigenvalue weighted by molar-refractivity contribution is 7.92. The van der Waals surface area contributed by atoms with Gasteiger partial charge in [0, 0.05) is 18.7 Å². The van der Waals surface area contributed by atoms with Crippen molar-refractivity contribution in [2.75, 3.05) is 19.2 Å². The first-order valence-corrected chi connectivity index (χ1v) is 12.7. The van der Waals surface area contributed by atoms with Crippen molar-refractivity contribution in [3.8, 4) is 11.5 Å². The summed E-state index contributed by atoms with van der Waals surface area (Å²) < 4.78 is 43.6. The lowest BCUT2D eigenvalue weighted by atomic mass is 10.2. The Morgan fingerprint density at radius 2 is 1.85 bits per heavy atom. The Morgan fingerprint density at radius 3 is 2.55 bits per heavy atom. The van der Waals surface area contributed by atoms with Gasteiger partial charge in [0.25, 0.3) is 5.91 Å². The van der Waals surface area contributed by atoms with Crippen LogP contribution in [-0.2, 0) is 30.7 Å². The molecule has 0 N–H and O–H groups in total. The van der Waals surface area contributed by atoms with Crippen LogP contribution in [0.15, 0.2) is 46.3 Å². The van der Waals surface area contributed by atoms with E-state index in [-0.39, 0.29) is 42.0 Å². The number of sulfone groups is 1. The molecular weight excluding hydrogens is 468 g/mol. The second kappa shape index (κ2) is 9.36. The summed E-state index contributed by atoms with van der Waals surface area (Å²) in [6.07, 6.45) is 0.0666. The van der Waals surface area contributed by atoms with Gasteiger partial charge in [-0.15, -0.1) is 0 Å². The van der Waals surface area contributed by atoms with Crippen LogP contribution in [0.25, 0.3) is 10.2 Å². The van der Waals surface area contributed by atoms with E-state index in [0.29, 0.717) is 17.0 Å². The summed E-state index contributed by atoms with van der Waals surface area (Å²) in [6.45, 7) is 4.15. The van der Waals surface area contributed by atoms with Gasteiger partial charge in [-0.3, -0.25) is 9.59 Å². The highest BCUT2D eigenvalue weighted by Crippen LogP contribution is 2.37.